The number of sulfonamides is 1. The number of aryl methyl sites for hydroxylation is 4. The molecular weight excluding hydrogens is 637 g/mol. The van der Waals surface area contributed by atoms with Crippen molar-refractivity contribution in [1.82, 2.24) is 19.8 Å². The van der Waals surface area contributed by atoms with Crippen molar-refractivity contribution in [1.29, 1.82) is 0 Å². The molecule has 1 aromatic heterocycles. The highest BCUT2D eigenvalue weighted by Crippen LogP contribution is 2.29. The van der Waals surface area contributed by atoms with Crippen molar-refractivity contribution in [3.8, 4) is 16.8 Å². The minimum Gasteiger partial charge on any atom is -0.337 e. The summed E-state index contributed by atoms with van der Waals surface area (Å²) >= 11 is 0. The lowest BCUT2D eigenvalue weighted by Crippen LogP contribution is -2.40. The zero-order valence-corrected chi connectivity index (χ0v) is 28.5. The quantitative estimate of drug-likeness (QED) is 0.165. The van der Waals surface area contributed by atoms with E-state index in [1.54, 1.807) is 24.3 Å². The van der Waals surface area contributed by atoms with Gasteiger partial charge in [-0.25, -0.2) is 22.6 Å². The Morgan fingerprint density at radius 3 is 1.70 bits per heavy atom. The average molecular weight is 675 g/mol. The summed E-state index contributed by atoms with van der Waals surface area (Å²) in [6, 6.07) is 28.0. The second kappa shape index (κ2) is 14.8. The van der Waals surface area contributed by atoms with E-state index in [2.05, 4.69) is 43.4 Å². The Morgan fingerprint density at radius 2 is 1.19 bits per heavy atom. The molecule has 246 valence electrons. The number of amides is 2. The largest absolute Gasteiger partial charge is 0.337 e. The molecule has 0 atom stereocenters. The summed E-state index contributed by atoms with van der Waals surface area (Å²) in [7, 11) is -7.93. The van der Waals surface area contributed by atoms with Crippen LogP contribution in [-0.4, -0.2) is 43.7 Å². The molecule has 47 heavy (non-hydrogen) atoms. The van der Waals surface area contributed by atoms with Crippen LogP contribution in [0, 0.1) is 34.6 Å². The van der Waals surface area contributed by atoms with Gasteiger partial charge in [0.2, 0.25) is 0 Å². The molecule has 0 unspecified atom stereocenters. The monoisotopic (exact) mass is 674 g/mol. The van der Waals surface area contributed by atoms with Crippen LogP contribution in [0.1, 0.15) is 33.6 Å². The maximum absolute atomic E-state index is 12.3. The van der Waals surface area contributed by atoms with E-state index in [-0.39, 0.29) is 9.79 Å². The Labute approximate surface area is 276 Å². The second-order valence-corrected chi connectivity index (χ2v) is 14.3. The predicted octanol–water partition coefficient (Wildman–Crippen LogP) is 6.25. The van der Waals surface area contributed by atoms with Gasteiger partial charge in [0.15, 0.2) is 0 Å². The van der Waals surface area contributed by atoms with E-state index >= 15 is 0 Å². The number of hydrogen-bond acceptors (Lipinski definition) is 6. The van der Waals surface area contributed by atoms with Crippen molar-refractivity contribution < 1.29 is 26.2 Å². The van der Waals surface area contributed by atoms with Gasteiger partial charge in [-0.2, -0.15) is 13.5 Å². The Kier molecular flexibility index (Phi) is 11.0. The number of nitrogens with one attached hydrogen (secondary N) is 2. The molecule has 0 aliphatic carbocycles. The summed E-state index contributed by atoms with van der Waals surface area (Å²) in [6.45, 7) is 10.2. The third kappa shape index (κ3) is 9.38. The summed E-state index contributed by atoms with van der Waals surface area (Å²) in [6.07, 6.45) is 0.560. The summed E-state index contributed by atoms with van der Waals surface area (Å²) in [4.78, 5) is 12.1. The van der Waals surface area contributed by atoms with Gasteiger partial charge in [0, 0.05) is 17.8 Å². The molecule has 0 radical (unpaired) electrons. The minimum absolute atomic E-state index is 0.0496. The van der Waals surface area contributed by atoms with E-state index in [0.29, 0.717) is 13.0 Å². The van der Waals surface area contributed by atoms with Gasteiger partial charge in [-0.15, -0.1) is 0 Å². The molecule has 0 spiro atoms. The Hall–Kier alpha value is -4.78. The van der Waals surface area contributed by atoms with Gasteiger partial charge in [0.25, 0.3) is 20.1 Å². The van der Waals surface area contributed by atoms with Crippen molar-refractivity contribution in [2.24, 2.45) is 0 Å². The number of carbonyl (C=O) groups is 1. The van der Waals surface area contributed by atoms with Crippen molar-refractivity contribution in [3.63, 3.8) is 0 Å². The summed E-state index contributed by atoms with van der Waals surface area (Å²) in [5.41, 5.74) is 9.40. The van der Waals surface area contributed by atoms with E-state index in [4.69, 9.17) is 9.65 Å². The predicted molar refractivity (Wildman–Crippen MR) is 183 cm³/mol. The molecule has 5 aromatic rings. The number of rotatable bonds is 8. The van der Waals surface area contributed by atoms with Gasteiger partial charge >= 0.3 is 6.03 Å². The van der Waals surface area contributed by atoms with Gasteiger partial charge in [0.05, 0.1) is 21.2 Å². The second-order valence-electron chi connectivity index (χ2n) is 11.2. The fourth-order valence-electron chi connectivity index (χ4n) is 4.80. The van der Waals surface area contributed by atoms with Crippen molar-refractivity contribution in [2.45, 2.75) is 50.8 Å². The third-order valence-corrected chi connectivity index (χ3v) is 9.60. The van der Waals surface area contributed by atoms with Crippen molar-refractivity contribution >= 4 is 26.2 Å². The SMILES string of the molecule is Cc1ccc(-c2c(C)nn(-c3ccc(CCNC(=O)NS(=O)(=O)c4ccc(C)cc4)cc3)c2C)cc1.Cc1ccc(S(=O)(=O)O)cc1. The zero-order chi connectivity index (χ0) is 34.4. The Bertz CT molecular complexity index is 2050. The summed E-state index contributed by atoms with van der Waals surface area (Å²) in [5.74, 6) is 0. The molecule has 0 aliphatic heterocycles. The molecule has 0 bridgehead atoms. The molecule has 0 saturated heterocycles. The lowest BCUT2D eigenvalue weighted by molar-refractivity contribution is 0.246. The van der Waals surface area contributed by atoms with E-state index in [9.17, 15) is 21.6 Å². The standard InChI is InChI=1S/C28H30N4O3S.C7H8O3S/c1-19-5-11-24(12-6-19)27-21(3)30-32(22(27)4)25-13-9-23(10-14-25)17-18-29-28(33)31-36(34,35)26-15-7-20(2)8-16-26;1-6-2-4-7(5-3-6)11(8,9)10/h5-16H,17-18H2,1-4H3,(H2,29,31,33);2-5H,1H3,(H,8,9,10). The average Bonchev–Trinajstić information content (AvgIpc) is 3.31. The van der Waals surface area contributed by atoms with Gasteiger partial charge in [-0.1, -0.05) is 77.4 Å². The maximum Gasteiger partial charge on any atom is 0.328 e. The number of urea groups is 1. The summed E-state index contributed by atoms with van der Waals surface area (Å²) in [5, 5.41) is 7.36. The molecule has 0 saturated carbocycles. The fourth-order valence-corrected chi connectivity index (χ4v) is 6.21. The van der Waals surface area contributed by atoms with Crippen LogP contribution in [0.4, 0.5) is 4.79 Å². The molecule has 0 fully saturated rings. The van der Waals surface area contributed by atoms with Gasteiger partial charge in [0.1, 0.15) is 0 Å². The van der Waals surface area contributed by atoms with Crippen LogP contribution in [0.15, 0.2) is 107 Å². The molecule has 5 rings (SSSR count). The zero-order valence-electron chi connectivity index (χ0n) is 26.9. The highest BCUT2D eigenvalue weighted by atomic mass is 32.2. The number of aromatic nitrogens is 2. The lowest BCUT2D eigenvalue weighted by Gasteiger charge is -2.10. The maximum atomic E-state index is 12.3. The first-order valence-corrected chi connectivity index (χ1v) is 17.7. The minimum atomic E-state index is -4.02. The number of hydrogen-bond donors (Lipinski definition) is 3. The van der Waals surface area contributed by atoms with Crippen LogP contribution in [0.2, 0.25) is 0 Å². The first kappa shape index (κ1) is 35.1. The highest BCUT2D eigenvalue weighted by Gasteiger charge is 2.17. The smallest absolute Gasteiger partial charge is 0.328 e. The molecule has 10 nitrogen and oxygen atoms in total. The van der Waals surface area contributed by atoms with Crippen molar-refractivity contribution in [3.05, 3.63) is 131 Å². The number of benzene rings is 4. The van der Waals surface area contributed by atoms with Crippen LogP contribution in [0.25, 0.3) is 16.8 Å². The number of carbonyl (C=O) groups excluding carboxylic acids is 1. The Morgan fingerprint density at radius 1 is 0.702 bits per heavy atom. The topological polar surface area (TPSA) is 147 Å². The molecular formula is C35H38N4O6S2. The summed E-state index contributed by atoms with van der Waals surface area (Å²) < 4.78 is 58.2. The number of nitrogens with zero attached hydrogens (tertiary/aromatic N) is 2. The van der Waals surface area contributed by atoms with Crippen LogP contribution >= 0.6 is 0 Å². The van der Waals surface area contributed by atoms with Crippen LogP contribution in [0.3, 0.4) is 0 Å². The van der Waals surface area contributed by atoms with E-state index in [1.807, 2.05) is 54.4 Å². The third-order valence-electron chi connectivity index (χ3n) is 7.39. The molecule has 12 heteroatoms. The van der Waals surface area contributed by atoms with Crippen LogP contribution in [0.5, 0.6) is 0 Å². The van der Waals surface area contributed by atoms with Gasteiger partial charge in [-0.3, -0.25) is 4.55 Å². The van der Waals surface area contributed by atoms with Gasteiger partial charge in [-0.05, 0) is 88.6 Å². The Balaban J connectivity index is 0.000000385. The van der Waals surface area contributed by atoms with Gasteiger partial charge < -0.3 is 5.32 Å². The first-order valence-electron chi connectivity index (χ1n) is 14.8. The molecule has 0 aliphatic rings. The highest BCUT2D eigenvalue weighted by molar-refractivity contribution is 7.90. The van der Waals surface area contributed by atoms with Crippen molar-refractivity contribution in [2.75, 3.05) is 6.54 Å². The van der Waals surface area contributed by atoms with Crippen LogP contribution in [-0.2, 0) is 26.6 Å². The normalized spacial score (nSPS) is 11.4. The van der Waals surface area contributed by atoms with E-state index < -0.39 is 26.2 Å². The molecule has 1 heterocycles. The molecule has 3 N–H and O–H groups in total. The van der Waals surface area contributed by atoms with Crippen LogP contribution < -0.4 is 10.0 Å². The van der Waals surface area contributed by atoms with E-state index in [0.717, 1.165) is 44.9 Å². The molecule has 4 aromatic carbocycles. The first-order chi connectivity index (χ1) is 22.1. The van der Waals surface area contributed by atoms with E-state index in [1.165, 1.54) is 29.8 Å². The molecule has 2 amide bonds. The fraction of sp³-hybridized carbons (Fsp3) is 0.200. The lowest BCUT2D eigenvalue weighted by atomic mass is 10.0.